The van der Waals surface area contributed by atoms with Gasteiger partial charge in [0, 0.05) is 29.9 Å². The van der Waals surface area contributed by atoms with Gasteiger partial charge in [-0.05, 0) is 32.0 Å². The minimum atomic E-state index is -0.0593. The minimum absolute atomic E-state index is 0.0593. The number of nitrogens with two attached hydrogens (primary N) is 1. The first-order valence-corrected chi connectivity index (χ1v) is 6.81. The van der Waals surface area contributed by atoms with E-state index in [1.165, 1.54) is 0 Å². The highest BCUT2D eigenvalue weighted by Crippen LogP contribution is 2.20. The summed E-state index contributed by atoms with van der Waals surface area (Å²) in [7, 11) is 0. The van der Waals surface area contributed by atoms with Crippen LogP contribution in [-0.2, 0) is 4.74 Å². The summed E-state index contributed by atoms with van der Waals surface area (Å²) in [4.78, 5) is 14.0. The number of hydrogen-bond donors (Lipinski definition) is 1. The Kier molecular flexibility index (Phi) is 6.15. The summed E-state index contributed by atoms with van der Waals surface area (Å²) in [5.74, 6) is -0.0593. The molecule has 0 spiro atoms. The Hall–Kier alpha value is -1.07. The minimum Gasteiger partial charge on any atom is -0.398 e. The molecule has 0 unspecified atom stereocenters. The predicted octanol–water partition coefficient (Wildman–Crippen LogP) is 2.53. The molecule has 0 aliphatic heterocycles. The van der Waals surface area contributed by atoms with E-state index >= 15 is 0 Å². The summed E-state index contributed by atoms with van der Waals surface area (Å²) in [6.07, 6.45) is 0. The molecule has 4 nitrogen and oxygen atoms in total. The number of likely N-dealkylation sites (N-methyl/N-ethyl adjacent to an activating group) is 1. The quantitative estimate of drug-likeness (QED) is 0.648. The van der Waals surface area contributed by atoms with E-state index in [9.17, 15) is 4.79 Å². The fraction of sp³-hybridized carbons (Fsp3) is 0.462. The number of nitrogen functional groups attached to an aromatic ring is 1. The molecule has 0 saturated carbocycles. The molecule has 0 atom stereocenters. The second kappa shape index (κ2) is 7.38. The summed E-state index contributed by atoms with van der Waals surface area (Å²) in [6, 6.07) is 5.30. The second-order valence-corrected chi connectivity index (χ2v) is 4.73. The largest absolute Gasteiger partial charge is 0.398 e. The summed E-state index contributed by atoms with van der Waals surface area (Å²) in [5.41, 5.74) is 6.87. The van der Waals surface area contributed by atoms with Gasteiger partial charge in [-0.15, -0.1) is 0 Å². The zero-order valence-corrected chi connectivity index (χ0v) is 12.4. The smallest absolute Gasteiger partial charge is 0.256 e. The Morgan fingerprint density at radius 1 is 1.44 bits per heavy atom. The van der Waals surface area contributed by atoms with Crippen LogP contribution in [0, 0.1) is 0 Å². The third-order valence-corrected chi connectivity index (χ3v) is 3.12. The molecule has 1 aromatic rings. The molecule has 1 aromatic carbocycles. The molecular formula is C13H19BrN2O2. The molecule has 2 N–H and O–H groups in total. The van der Waals surface area contributed by atoms with Gasteiger partial charge in [-0.2, -0.15) is 0 Å². The molecule has 0 saturated heterocycles. The van der Waals surface area contributed by atoms with E-state index < -0.39 is 0 Å². The molecule has 100 valence electrons. The van der Waals surface area contributed by atoms with E-state index in [1.54, 1.807) is 17.0 Å². The molecule has 0 radical (unpaired) electrons. The van der Waals surface area contributed by atoms with E-state index in [4.69, 9.17) is 10.5 Å². The molecule has 0 aliphatic rings. The maximum atomic E-state index is 12.3. The molecule has 5 heteroatoms. The van der Waals surface area contributed by atoms with Gasteiger partial charge in [-0.1, -0.05) is 15.9 Å². The van der Waals surface area contributed by atoms with Crippen molar-refractivity contribution in [1.29, 1.82) is 0 Å². The fourth-order valence-electron chi connectivity index (χ4n) is 1.61. The highest BCUT2D eigenvalue weighted by atomic mass is 79.9. The number of nitrogens with zero attached hydrogens (tertiary/aromatic N) is 1. The normalized spacial score (nSPS) is 10.4. The van der Waals surface area contributed by atoms with E-state index in [1.807, 2.05) is 19.9 Å². The van der Waals surface area contributed by atoms with Crippen molar-refractivity contribution in [3.05, 3.63) is 28.2 Å². The Morgan fingerprint density at radius 2 is 2.17 bits per heavy atom. The molecular weight excluding hydrogens is 296 g/mol. The van der Waals surface area contributed by atoms with Gasteiger partial charge in [0.15, 0.2) is 0 Å². The van der Waals surface area contributed by atoms with Gasteiger partial charge in [-0.25, -0.2) is 0 Å². The number of carbonyl (C=O) groups excluding carboxylic acids is 1. The SMILES string of the molecule is CCOCCN(CC)C(=O)c1cc(Br)ccc1N. The lowest BCUT2D eigenvalue weighted by Gasteiger charge is -2.21. The zero-order valence-electron chi connectivity index (χ0n) is 10.8. The lowest BCUT2D eigenvalue weighted by Crippen LogP contribution is -2.34. The van der Waals surface area contributed by atoms with Crippen molar-refractivity contribution in [2.75, 3.05) is 32.0 Å². The van der Waals surface area contributed by atoms with Crippen LogP contribution in [0.5, 0.6) is 0 Å². The van der Waals surface area contributed by atoms with Gasteiger partial charge in [0.25, 0.3) is 5.91 Å². The Morgan fingerprint density at radius 3 is 2.78 bits per heavy atom. The van der Waals surface area contributed by atoms with Crippen molar-refractivity contribution in [3.63, 3.8) is 0 Å². The van der Waals surface area contributed by atoms with Crippen LogP contribution in [-0.4, -0.2) is 37.1 Å². The molecule has 0 bridgehead atoms. The van der Waals surface area contributed by atoms with E-state index in [2.05, 4.69) is 15.9 Å². The monoisotopic (exact) mass is 314 g/mol. The number of hydrogen-bond acceptors (Lipinski definition) is 3. The number of amides is 1. The number of halogens is 1. The maximum Gasteiger partial charge on any atom is 0.256 e. The third kappa shape index (κ3) is 3.99. The van der Waals surface area contributed by atoms with E-state index in [0.29, 0.717) is 37.6 Å². The van der Waals surface area contributed by atoms with Crippen LogP contribution in [0.1, 0.15) is 24.2 Å². The van der Waals surface area contributed by atoms with Gasteiger partial charge < -0.3 is 15.4 Å². The van der Waals surface area contributed by atoms with Crippen LogP contribution in [0.4, 0.5) is 5.69 Å². The average Bonchev–Trinajstić information content (AvgIpc) is 2.37. The number of benzene rings is 1. The number of ether oxygens (including phenoxy) is 1. The molecule has 18 heavy (non-hydrogen) atoms. The molecule has 0 aromatic heterocycles. The average molecular weight is 315 g/mol. The Labute approximate surface area is 116 Å². The van der Waals surface area contributed by atoms with Crippen molar-refractivity contribution in [3.8, 4) is 0 Å². The number of rotatable bonds is 6. The van der Waals surface area contributed by atoms with Crippen LogP contribution < -0.4 is 5.73 Å². The Balaban J connectivity index is 2.79. The van der Waals surface area contributed by atoms with E-state index in [-0.39, 0.29) is 5.91 Å². The van der Waals surface area contributed by atoms with Crippen molar-refractivity contribution >= 4 is 27.5 Å². The molecule has 0 fully saturated rings. The van der Waals surface area contributed by atoms with Crippen LogP contribution in [0.15, 0.2) is 22.7 Å². The number of carbonyl (C=O) groups is 1. The van der Waals surface area contributed by atoms with Crippen LogP contribution in [0.2, 0.25) is 0 Å². The Bertz CT molecular complexity index is 410. The highest BCUT2D eigenvalue weighted by Gasteiger charge is 2.16. The highest BCUT2D eigenvalue weighted by molar-refractivity contribution is 9.10. The summed E-state index contributed by atoms with van der Waals surface area (Å²) in [5, 5.41) is 0. The summed E-state index contributed by atoms with van der Waals surface area (Å²) >= 11 is 3.35. The molecule has 1 amide bonds. The van der Waals surface area contributed by atoms with Gasteiger partial charge in [-0.3, -0.25) is 4.79 Å². The standard InChI is InChI=1S/C13H19BrN2O2/c1-3-16(7-8-18-4-2)13(17)11-9-10(14)5-6-12(11)15/h5-6,9H,3-4,7-8,15H2,1-2H3. The zero-order chi connectivity index (χ0) is 13.5. The van der Waals surface area contributed by atoms with Gasteiger partial charge >= 0.3 is 0 Å². The van der Waals surface area contributed by atoms with Crippen LogP contribution in [0.25, 0.3) is 0 Å². The van der Waals surface area contributed by atoms with Crippen LogP contribution in [0.3, 0.4) is 0 Å². The first-order chi connectivity index (χ1) is 8.60. The molecule has 1 rings (SSSR count). The van der Waals surface area contributed by atoms with Gasteiger partial charge in [0.1, 0.15) is 0 Å². The lowest BCUT2D eigenvalue weighted by molar-refractivity contribution is 0.0670. The molecule has 0 heterocycles. The third-order valence-electron chi connectivity index (χ3n) is 2.62. The van der Waals surface area contributed by atoms with Crippen molar-refractivity contribution < 1.29 is 9.53 Å². The predicted molar refractivity (Wildman–Crippen MR) is 76.6 cm³/mol. The van der Waals surface area contributed by atoms with Crippen LogP contribution >= 0.6 is 15.9 Å². The number of anilines is 1. The van der Waals surface area contributed by atoms with E-state index in [0.717, 1.165) is 4.47 Å². The summed E-state index contributed by atoms with van der Waals surface area (Å²) < 4.78 is 6.12. The first kappa shape index (κ1) is 15.0. The van der Waals surface area contributed by atoms with Crippen molar-refractivity contribution in [2.45, 2.75) is 13.8 Å². The second-order valence-electron chi connectivity index (χ2n) is 3.81. The topological polar surface area (TPSA) is 55.6 Å². The van der Waals surface area contributed by atoms with Gasteiger partial charge in [0.2, 0.25) is 0 Å². The summed E-state index contributed by atoms with van der Waals surface area (Å²) in [6.45, 7) is 6.30. The lowest BCUT2D eigenvalue weighted by atomic mass is 10.1. The molecule has 0 aliphatic carbocycles. The van der Waals surface area contributed by atoms with Crippen molar-refractivity contribution in [2.24, 2.45) is 0 Å². The maximum absolute atomic E-state index is 12.3. The van der Waals surface area contributed by atoms with Gasteiger partial charge in [0.05, 0.1) is 12.2 Å². The first-order valence-electron chi connectivity index (χ1n) is 6.02. The van der Waals surface area contributed by atoms with Crippen molar-refractivity contribution in [1.82, 2.24) is 4.90 Å². The fourth-order valence-corrected chi connectivity index (χ4v) is 1.97.